The quantitative estimate of drug-likeness (QED) is 0.401. The summed E-state index contributed by atoms with van der Waals surface area (Å²) >= 11 is 0. The van der Waals surface area contributed by atoms with E-state index >= 15 is 0 Å². The predicted molar refractivity (Wildman–Crippen MR) is 130 cm³/mol. The largest absolute Gasteiger partial charge is 0.346 e. The Bertz CT molecular complexity index is 1370. The third kappa shape index (κ3) is 4.64. The number of sulfone groups is 1. The van der Waals surface area contributed by atoms with E-state index in [0.717, 1.165) is 40.9 Å². The number of aromatic nitrogens is 4. The normalized spacial score (nSPS) is 15.3. The molecular formula is C24H24N6O2S. The number of fused-ring (bicyclic) bond motifs is 1. The van der Waals surface area contributed by atoms with Crippen molar-refractivity contribution in [2.24, 2.45) is 0 Å². The second kappa shape index (κ2) is 9.13. The van der Waals surface area contributed by atoms with Crippen molar-refractivity contribution < 1.29 is 8.42 Å². The van der Waals surface area contributed by atoms with Crippen LogP contribution in [0.4, 0.5) is 11.6 Å². The zero-order valence-electron chi connectivity index (χ0n) is 17.9. The highest BCUT2D eigenvalue weighted by atomic mass is 32.2. The second-order valence-electron chi connectivity index (χ2n) is 7.96. The molecule has 4 heterocycles. The second-order valence-corrected chi connectivity index (χ2v) is 10.2. The number of piperidine rings is 1. The fourth-order valence-corrected chi connectivity index (χ4v) is 5.71. The molecule has 0 unspecified atom stereocenters. The van der Waals surface area contributed by atoms with Gasteiger partial charge in [-0.25, -0.2) is 23.4 Å². The van der Waals surface area contributed by atoms with Crippen LogP contribution in [-0.2, 0) is 9.84 Å². The van der Waals surface area contributed by atoms with Crippen LogP contribution in [0.2, 0.25) is 0 Å². The molecule has 0 spiro atoms. The first-order valence-corrected chi connectivity index (χ1v) is 12.4. The molecule has 0 radical (unpaired) electrons. The number of anilines is 2. The molecule has 1 aliphatic heterocycles. The van der Waals surface area contributed by atoms with Gasteiger partial charge < -0.3 is 15.6 Å². The van der Waals surface area contributed by atoms with Crippen LogP contribution in [0, 0.1) is 0 Å². The molecule has 0 amide bonds. The van der Waals surface area contributed by atoms with Gasteiger partial charge in [0, 0.05) is 41.4 Å². The van der Waals surface area contributed by atoms with Crippen molar-refractivity contribution in [2.75, 3.05) is 18.4 Å². The molecular weight excluding hydrogens is 436 g/mol. The van der Waals surface area contributed by atoms with Gasteiger partial charge >= 0.3 is 0 Å². The molecule has 1 saturated heterocycles. The first-order chi connectivity index (χ1) is 16.1. The lowest BCUT2D eigenvalue weighted by atomic mass is 10.1. The summed E-state index contributed by atoms with van der Waals surface area (Å²) < 4.78 is 25.7. The molecule has 0 aliphatic carbocycles. The van der Waals surface area contributed by atoms with E-state index in [9.17, 15) is 8.42 Å². The maximum absolute atomic E-state index is 12.8. The van der Waals surface area contributed by atoms with Gasteiger partial charge in [-0.3, -0.25) is 0 Å². The van der Waals surface area contributed by atoms with Gasteiger partial charge in [0.15, 0.2) is 9.84 Å². The zero-order valence-corrected chi connectivity index (χ0v) is 18.7. The summed E-state index contributed by atoms with van der Waals surface area (Å²) in [4.78, 5) is 16.5. The van der Waals surface area contributed by atoms with Gasteiger partial charge in [-0.15, -0.1) is 0 Å². The molecule has 1 aromatic carbocycles. The first-order valence-electron chi connectivity index (χ1n) is 10.8. The Morgan fingerprint density at radius 1 is 0.939 bits per heavy atom. The lowest BCUT2D eigenvalue weighted by molar-refractivity contribution is 0.496. The highest BCUT2D eigenvalue weighted by Gasteiger charge is 2.28. The minimum atomic E-state index is -3.31. The summed E-state index contributed by atoms with van der Waals surface area (Å²) in [5.41, 5.74) is 3.50. The van der Waals surface area contributed by atoms with Crippen molar-refractivity contribution in [1.29, 1.82) is 0 Å². The van der Waals surface area contributed by atoms with E-state index < -0.39 is 9.84 Å². The predicted octanol–water partition coefficient (Wildman–Crippen LogP) is 3.79. The Labute approximate surface area is 192 Å². The molecule has 3 N–H and O–H groups in total. The number of nitrogens with zero attached hydrogens (tertiary/aromatic N) is 3. The highest BCUT2D eigenvalue weighted by Crippen LogP contribution is 2.24. The van der Waals surface area contributed by atoms with Gasteiger partial charge in [0.25, 0.3) is 0 Å². The lowest BCUT2D eigenvalue weighted by Gasteiger charge is -2.22. The highest BCUT2D eigenvalue weighted by molar-refractivity contribution is 7.92. The van der Waals surface area contributed by atoms with Crippen LogP contribution in [-0.4, -0.2) is 46.7 Å². The molecule has 0 bridgehead atoms. The number of nitrogens with one attached hydrogen (secondary N) is 3. The van der Waals surface area contributed by atoms with Gasteiger partial charge in [-0.2, -0.15) is 0 Å². The van der Waals surface area contributed by atoms with Crippen LogP contribution in [0.15, 0.2) is 66.1 Å². The average molecular weight is 461 g/mol. The van der Waals surface area contributed by atoms with Crippen LogP contribution in [0.1, 0.15) is 24.0 Å². The molecule has 1 fully saturated rings. The van der Waals surface area contributed by atoms with E-state index in [1.54, 1.807) is 42.9 Å². The Morgan fingerprint density at radius 2 is 1.70 bits per heavy atom. The summed E-state index contributed by atoms with van der Waals surface area (Å²) in [6, 6.07) is 10.7. The van der Waals surface area contributed by atoms with Crippen molar-refractivity contribution >= 4 is 44.7 Å². The van der Waals surface area contributed by atoms with Crippen LogP contribution in [0.25, 0.3) is 23.2 Å². The number of hydrogen-bond donors (Lipinski definition) is 3. The summed E-state index contributed by atoms with van der Waals surface area (Å²) in [6.07, 6.45) is 12.4. The van der Waals surface area contributed by atoms with E-state index in [0.29, 0.717) is 23.7 Å². The topological polar surface area (TPSA) is 113 Å². The van der Waals surface area contributed by atoms with E-state index in [1.807, 2.05) is 30.5 Å². The molecule has 3 aromatic heterocycles. The fourth-order valence-electron chi connectivity index (χ4n) is 3.96. The Hall–Kier alpha value is -3.56. The van der Waals surface area contributed by atoms with Crippen molar-refractivity contribution in [2.45, 2.75) is 23.0 Å². The van der Waals surface area contributed by atoms with E-state index in [4.69, 9.17) is 0 Å². The van der Waals surface area contributed by atoms with Crippen molar-refractivity contribution in [3.05, 3.63) is 72.3 Å². The maximum atomic E-state index is 12.8. The molecule has 9 heteroatoms. The zero-order chi connectivity index (χ0) is 22.7. The third-order valence-electron chi connectivity index (χ3n) is 5.79. The van der Waals surface area contributed by atoms with Crippen molar-refractivity contribution in [3.63, 3.8) is 0 Å². The summed E-state index contributed by atoms with van der Waals surface area (Å²) in [7, 11) is -3.31. The monoisotopic (exact) mass is 460 g/mol. The van der Waals surface area contributed by atoms with E-state index in [1.165, 1.54) is 0 Å². The summed E-state index contributed by atoms with van der Waals surface area (Å²) in [5, 5.41) is 7.06. The standard InChI is InChI=1S/C24H24N6O2S/c31-33(32,21-8-11-25-12-9-21)20-5-3-19(4-6-20)30-24-28-15-17(16-29-24)1-2-18-7-13-26-23-22(18)10-14-27-23/h1-7,10,13-16,21,25H,8-9,11-12H2,(H,26,27)(H,28,29,30). The Balaban J connectivity index is 1.25. The molecule has 168 valence electrons. The smallest absolute Gasteiger partial charge is 0.227 e. The van der Waals surface area contributed by atoms with E-state index in [2.05, 4.69) is 30.6 Å². The van der Waals surface area contributed by atoms with Gasteiger partial charge in [0.2, 0.25) is 5.95 Å². The Kier molecular flexibility index (Phi) is 5.89. The van der Waals surface area contributed by atoms with Gasteiger partial charge in [-0.1, -0.05) is 12.2 Å². The number of rotatable bonds is 6. The molecule has 0 atom stereocenters. The van der Waals surface area contributed by atoms with Crippen LogP contribution < -0.4 is 10.6 Å². The van der Waals surface area contributed by atoms with Crippen molar-refractivity contribution in [1.82, 2.24) is 25.3 Å². The van der Waals surface area contributed by atoms with Gasteiger partial charge in [-0.05, 0) is 67.9 Å². The maximum Gasteiger partial charge on any atom is 0.227 e. The fraction of sp³-hybridized carbons (Fsp3) is 0.208. The minimum Gasteiger partial charge on any atom is -0.346 e. The van der Waals surface area contributed by atoms with Crippen LogP contribution in [0.5, 0.6) is 0 Å². The molecule has 5 rings (SSSR count). The molecule has 0 saturated carbocycles. The molecule has 4 aromatic rings. The van der Waals surface area contributed by atoms with E-state index in [-0.39, 0.29) is 5.25 Å². The number of aromatic amines is 1. The number of pyridine rings is 1. The SMILES string of the molecule is O=S(=O)(c1ccc(Nc2ncc(C=Cc3ccnc4[nH]ccc34)cn2)cc1)C1CCNCC1. The molecule has 33 heavy (non-hydrogen) atoms. The van der Waals surface area contributed by atoms with Crippen LogP contribution in [0.3, 0.4) is 0 Å². The number of benzene rings is 1. The minimum absolute atomic E-state index is 0.318. The van der Waals surface area contributed by atoms with Crippen LogP contribution >= 0.6 is 0 Å². The lowest BCUT2D eigenvalue weighted by Crippen LogP contribution is -2.35. The average Bonchev–Trinajstić information content (AvgIpc) is 3.34. The number of hydrogen-bond acceptors (Lipinski definition) is 7. The first kappa shape index (κ1) is 21.3. The summed E-state index contributed by atoms with van der Waals surface area (Å²) in [6.45, 7) is 1.48. The third-order valence-corrected chi connectivity index (χ3v) is 8.06. The summed E-state index contributed by atoms with van der Waals surface area (Å²) in [5.74, 6) is 0.443. The molecule has 1 aliphatic rings. The van der Waals surface area contributed by atoms with Gasteiger partial charge in [0.05, 0.1) is 10.1 Å². The van der Waals surface area contributed by atoms with Crippen molar-refractivity contribution in [3.8, 4) is 0 Å². The molecule has 8 nitrogen and oxygen atoms in total. The Morgan fingerprint density at radius 3 is 2.45 bits per heavy atom. The number of H-pyrrole nitrogens is 1. The van der Waals surface area contributed by atoms with Gasteiger partial charge in [0.1, 0.15) is 5.65 Å².